The molecule has 0 unspecified atom stereocenters. The molecule has 1 N–H and O–H groups in total. The molecule has 0 aromatic heterocycles. The first-order chi connectivity index (χ1) is 11.6. The number of nitrogens with one attached hydrogen (secondary N) is 1. The Bertz CT molecular complexity index is 904. The van der Waals surface area contributed by atoms with Crippen LogP contribution >= 0.6 is 0 Å². The van der Waals surface area contributed by atoms with Crippen molar-refractivity contribution < 1.29 is 39.8 Å². The van der Waals surface area contributed by atoms with Gasteiger partial charge in [-0.25, -0.2) is 21.6 Å². The molecule has 0 bridgehead atoms. The Morgan fingerprint density at radius 2 is 1.44 bits per heavy atom. The molecule has 0 amide bonds. The molecule has 2 aromatic carbocycles. The number of methoxy groups -OCH3 is 2. The molecule has 5 nitrogen and oxygen atoms in total. The van der Waals surface area contributed by atoms with Gasteiger partial charge in [0.05, 0.1) is 19.9 Å². The number of rotatable bonds is 5. The maximum atomic E-state index is 13.9. The molecule has 2 rings (SSSR count). The molecule has 0 heterocycles. The van der Waals surface area contributed by atoms with Gasteiger partial charge in [0, 0.05) is 6.07 Å². The molecule has 2 aromatic rings. The highest BCUT2D eigenvalue weighted by Gasteiger charge is 2.34. The summed E-state index contributed by atoms with van der Waals surface area (Å²) in [5.74, 6) is -11.0. The van der Waals surface area contributed by atoms with E-state index >= 15 is 0 Å². The number of hydrogen-bond acceptors (Lipinski definition) is 4. The predicted molar refractivity (Wildman–Crippen MR) is 76.6 cm³/mol. The number of sulfonamides is 1. The van der Waals surface area contributed by atoms with E-state index in [-0.39, 0.29) is 5.75 Å². The summed E-state index contributed by atoms with van der Waals surface area (Å²) in [6.45, 7) is 0. The third-order valence-electron chi connectivity index (χ3n) is 3.06. The first-order valence-corrected chi connectivity index (χ1v) is 7.88. The maximum Gasteiger partial charge on any atom is 0.267 e. The van der Waals surface area contributed by atoms with E-state index in [1.165, 1.54) is 0 Å². The summed E-state index contributed by atoms with van der Waals surface area (Å²) in [4.78, 5) is -1.90. The molecule has 0 saturated heterocycles. The van der Waals surface area contributed by atoms with Gasteiger partial charge in [-0.3, -0.25) is 4.72 Å². The van der Waals surface area contributed by atoms with Crippen molar-refractivity contribution in [3.05, 3.63) is 47.3 Å². The molecule has 0 aliphatic heterocycles. The Balaban J connectivity index is 2.56. The van der Waals surface area contributed by atoms with Crippen LogP contribution in [0.1, 0.15) is 0 Å². The van der Waals surface area contributed by atoms with E-state index in [1.807, 2.05) is 0 Å². The third-order valence-corrected chi connectivity index (χ3v) is 4.46. The lowest BCUT2D eigenvalue weighted by molar-refractivity contribution is 0.322. The van der Waals surface area contributed by atoms with E-state index in [2.05, 4.69) is 9.47 Å². The number of ether oxygens (including phenoxy) is 2. The molecule has 0 spiro atoms. The largest absolute Gasteiger partial charge is 0.494 e. The van der Waals surface area contributed by atoms with Gasteiger partial charge in [-0.1, -0.05) is 0 Å². The predicted octanol–water partition coefficient (Wildman–Crippen LogP) is 3.20. The van der Waals surface area contributed by atoms with Gasteiger partial charge in [0.2, 0.25) is 11.6 Å². The fraction of sp³-hybridized carbons (Fsp3) is 0.143. The second-order valence-electron chi connectivity index (χ2n) is 4.57. The van der Waals surface area contributed by atoms with Crippen molar-refractivity contribution >= 4 is 15.7 Å². The van der Waals surface area contributed by atoms with Crippen LogP contribution in [-0.4, -0.2) is 22.6 Å². The summed E-state index contributed by atoms with van der Waals surface area (Å²) in [5, 5.41) is 0. The van der Waals surface area contributed by atoms with Crippen LogP contribution in [0.4, 0.5) is 27.6 Å². The molecule has 0 radical (unpaired) electrons. The van der Waals surface area contributed by atoms with Gasteiger partial charge in [-0.05, 0) is 12.1 Å². The van der Waals surface area contributed by atoms with E-state index in [1.54, 1.807) is 4.72 Å². The van der Waals surface area contributed by atoms with Crippen molar-refractivity contribution in [2.45, 2.75) is 4.90 Å². The van der Waals surface area contributed by atoms with Crippen LogP contribution in [0.2, 0.25) is 0 Å². The zero-order chi connectivity index (χ0) is 18.9. The van der Waals surface area contributed by atoms with E-state index in [4.69, 9.17) is 0 Å². The van der Waals surface area contributed by atoms with Crippen molar-refractivity contribution in [2.24, 2.45) is 0 Å². The van der Waals surface area contributed by atoms with Crippen molar-refractivity contribution in [3.63, 3.8) is 0 Å². The highest BCUT2D eigenvalue weighted by molar-refractivity contribution is 7.92. The molecule has 0 saturated carbocycles. The lowest BCUT2D eigenvalue weighted by atomic mass is 10.3. The second kappa shape index (κ2) is 6.75. The van der Waals surface area contributed by atoms with Crippen LogP contribution in [-0.2, 0) is 10.0 Å². The minimum atomic E-state index is -5.12. The van der Waals surface area contributed by atoms with Crippen molar-refractivity contribution in [2.75, 3.05) is 18.9 Å². The van der Waals surface area contributed by atoms with Gasteiger partial charge in [-0.2, -0.15) is 8.78 Å². The van der Waals surface area contributed by atoms with Crippen LogP contribution in [0, 0.1) is 29.1 Å². The molecular weight excluding hydrogens is 373 g/mol. The van der Waals surface area contributed by atoms with Crippen LogP contribution in [0.15, 0.2) is 23.1 Å². The minimum Gasteiger partial charge on any atom is -0.494 e. The molecule has 11 heteroatoms. The standard InChI is InChI=1S/C14H10F5NO4S/c1-23-8-4-3-6(5-7(8)15)20-25(21,22)14-11(18)9(16)13(24-2)10(17)12(14)19/h3-5,20H,1-2H3. The highest BCUT2D eigenvalue weighted by atomic mass is 32.2. The summed E-state index contributed by atoms with van der Waals surface area (Å²) >= 11 is 0. The summed E-state index contributed by atoms with van der Waals surface area (Å²) < 4.78 is 103. The van der Waals surface area contributed by atoms with E-state index in [9.17, 15) is 30.4 Å². The molecule has 0 fully saturated rings. The highest BCUT2D eigenvalue weighted by Crippen LogP contribution is 2.33. The summed E-state index contributed by atoms with van der Waals surface area (Å²) in [6, 6.07) is 2.71. The maximum absolute atomic E-state index is 13.9. The first-order valence-electron chi connectivity index (χ1n) is 6.40. The Labute approximate surface area is 139 Å². The van der Waals surface area contributed by atoms with Crippen LogP contribution in [0.3, 0.4) is 0 Å². The van der Waals surface area contributed by atoms with Gasteiger partial charge < -0.3 is 9.47 Å². The van der Waals surface area contributed by atoms with Crippen molar-refractivity contribution in [1.29, 1.82) is 0 Å². The number of hydrogen-bond donors (Lipinski definition) is 1. The molecule has 0 aliphatic carbocycles. The van der Waals surface area contributed by atoms with Gasteiger partial charge >= 0.3 is 0 Å². The van der Waals surface area contributed by atoms with Gasteiger partial charge in [-0.15, -0.1) is 0 Å². The second-order valence-corrected chi connectivity index (χ2v) is 6.19. The summed E-state index contributed by atoms with van der Waals surface area (Å²) in [7, 11) is -3.22. The average molecular weight is 383 g/mol. The van der Waals surface area contributed by atoms with Crippen LogP contribution < -0.4 is 14.2 Å². The zero-order valence-electron chi connectivity index (χ0n) is 12.7. The molecule has 25 heavy (non-hydrogen) atoms. The zero-order valence-corrected chi connectivity index (χ0v) is 13.5. The van der Waals surface area contributed by atoms with Gasteiger partial charge in [0.25, 0.3) is 10.0 Å². The van der Waals surface area contributed by atoms with E-state index in [0.29, 0.717) is 6.07 Å². The number of anilines is 1. The van der Waals surface area contributed by atoms with Gasteiger partial charge in [0.1, 0.15) is 0 Å². The normalized spacial score (nSPS) is 11.3. The minimum absolute atomic E-state index is 0.221. The van der Waals surface area contributed by atoms with Crippen molar-refractivity contribution in [3.8, 4) is 11.5 Å². The SMILES string of the molecule is COc1ccc(NS(=O)(=O)c2c(F)c(F)c(OC)c(F)c2F)cc1F. The fourth-order valence-electron chi connectivity index (χ4n) is 1.94. The smallest absolute Gasteiger partial charge is 0.267 e. The van der Waals surface area contributed by atoms with Gasteiger partial charge in [0.15, 0.2) is 33.8 Å². The fourth-order valence-corrected chi connectivity index (χ4v) is 3.13. The average Bonchev–Trinajstić information content (AvgIpc) is 2.53. The topological polar surface area (TPSA) is 64.6 Å². The summed E-state index contributed by atoms with van der Waals surface area (Å²) in [6.07, 6.45) is 0. The number of benzene rings is 2. The summed E-state index contributed by atoms with van der Waals surface area (Å²) in [5.41, 5.74) is -0.450. The Hall–Kier alpha value is -2.56. The van der Waals surface area contributed by atoms with Crippen LogP contribution in [0.25, 0.3) is 0 Å². The van der Waals surface area contributed by atoms with E-state index < -0.39 is 55.4 Å². The molecule has 0 atom stereocenters. The van der Waals surface area contributed by atoms with Crippen molar-refractivity contribution in [1.82, 2.24) is 0 Å². The molecular formula is C14H10F5NO4S. The lowest BCUT2D eigenvalue weighted by Crippen LogP contribution is -2.19. The van der Waals surface area contributed by atoms with E-state index in [0.717, 1.165) is 26.4 Å². The third kappa shape index (κ3) is 3.31. The Morgan fingerprint density at radius 3 is 1.88 bits per heavy atom. The van der Waals surface area contributed by atoms with Crippen LogP contribution in [0.5, 0.6) is 11.5 Å². The lowest BCUT2D eigenvalue weighted by Gasteiger charge is -2.13. The Morgan fingerprint density at radius 1 is 0.880 bits per heavy atom. The Kier molecular flexibility index (Phi) is 5.07. The molecule has 0 aliphatic rings. The number of halogens is 5. The monoisotopic (exact) mass is 383 g/mol. The molecule has 136 valence electrons. The first kappa shape index (κ1) is 18.8. The quantitative estimate of drug-likeness (QED) is 0.636.